The first kappa shape index (κ1) is 18.7. The Bertz CT molecular complexity index is 953. The Balaban J connectivity index is 1.15. The summed E-state index contributed by atoms with van der Waals surface area (Å²) in [7, 11) is 0. The van der Waals surface area contributed by atoms with Crippen molar-refractivity contribution in [3.05, 3.63) is 36.0 Å². The van der Waals surface area contributed by atoms with Crippen LogP contribution >= 0.6 is 0 Å². The maximum absolute atomic E-state index is 12.6. The predicted molar refractivity (Wildman–Crippen MR) is 110 cm³/mol. The van der Waals surface area contributed by atoms with Crippen molar-refractivity contribution >= 4 is 22.7 Å². The molecule has 4 aliphatic rings. The Hall–Kier alpha value is -2.34. The normalized spacial score (nSPS) is 26.8. The molecule has 1 saturated heterocycles. The van der Waals surface area contributed by atoms with Crippen LogP contribution in [0.25, 0.3) is 10.9 Å². The second-order valence-corrected chi connectivity index (χ2v) is 9.44. The van der Waals surface area contributed by atoms with Gasteiger partial charge in [0.05, 0.1) is 12.1 Å². The van der Waals surface area contributed by atoms with Crippen LogP contribution in [0.4, 0.5) is 0 Å². The van der Waals surface area contributed by atoms with Crippen LogP contribution in [0.15, 0.2) is 30.5 Å². The predicted octanol–water partition coefficient (Wildman–Crippen LogP) is 2.08. The second-order valence-electron chi connectivity index (χ2n) is 9.44. The van der Waals surface area contributed by atoms with Gasteiger partial charge in [0.25, 0.3) is 0 Å². The molecule has 3 saturated carbocycles. The summed E-state index contributed by atoms with van der Waals surface area (Å²) in [6.07, 6.45) is 5.80. The van der Waals surface area contributed by atoms with Crippen molar-refractivity contribution in [3.63, 3.8) is 0 Å². The highest BCUT2D eigenvalue weighted by molar-refractivity contribution is 5.83. The van der Waals surface area contributed by atoms with Gasteiger partial charge in [-0.05, 0) is 61.6 Å². The molecule has 6 nitrogen and oxygen atoms in total. The number of aliphatic hydroxyl groups is 1. The smallest absolute Gasteiger partial charge is 0.224 e. The van der Waals surface area contributed by atoms with Gasteiger partial charge in [0.2, 0.25) is 11.8 Å². The molecule has 3 aliphatic carbocycles. The van der Waals surface area contributed by atoms with Gasteiger partial charge in [-0.1, -0.05) is 11.6 Å². The summed E-state index contributed by atoms with van der Waals surface area (Å²) in [5.74, 6) is 1.52. The fraction of sp³-hybridized carbons (Fsp3) is 0.565. The molecule has 1 unspecified atom stereocenters. The number of rotatable bonds is 6. The van der Waals surface area contributed by atoms with E-state index in [4.69, 9.17) is 0 Å². The number of carbonyl (C=O) groups is 2. The molecule has 2 amide bonds. The van der Waals surface area contributed by atoms with E-state index in [1.807, 2.05) is 6.20 Å². The van der Waals surface area contributed by atoms with E-state index in [0.29, 0.717) is 32.0 Å². The van der Waals surface area contributed by atoms with Crippen LogP contribution < -0.4 is 5.32 Å². The minimum Gasteiger partial charge on any atom is -0.394 e. The van der Waals surface area contributed by atoms with Gasteiger partial charge in [0.15, 0.2) is 0 Å². The van der Waals surface area contributed by atoms with E-state index in [9.17, 15) is 14.7 Å². The van der Waals surface area contributed by atoms with Crippen LogP contribution in [-0.2, 0) is 16.1 Å². The Morgan fingerprint density at radius 2 is 2.00 bits per heavy atom. The second kappa shape index (κ2) is 6.87. The van der Waals surface area contributed by atoms with E-state index in [2.05, 4.69) is 41.1 Å². The standard InChI is InChI=1S/C23H29N3O3/c1-15-2-3-20-17(8-15)4-6-25(20)7-5-21(28)26-12-23(13-26,14-27)24-22(29)19-11-16-9-18(19)10-16/h2-4,6,8,16,18-19,27H,5,7,9-14H2,1H3,(H,24,29). The Morgan fingerprint density at radius 3 is 2.69 bits per heavy atom. The zero-order valence-electron chi connectivity index (χ0n) is 16.9. The molecular weight excluding hydrogens is 366 g/mol. The van der Waals surface area contributed by atoms with Gasteiger partial charge in [-0.15, -0.1) is 0 Å². The lowest BCUT2D eigenvalue weighted by Crippen LogP contribution is -2.73. The molecule has 1 aliphatic heterocycles. The molecule has 6 heteroatoms. The number of aromatic nitrogens is 1. The summed E-state index contributed by atoms with van der Waals surface area (Å²) >= 11 is 0. The van der Waals surface area contributed by atoms with Gasteiger partial charge >= 0.3 is 0 Å². The van der Waals surface area contributed by atoms with Crippen LogP contribution in [0.1, 0.15) is 31.2 Å². The van der Waals surface area contributed by atoms with Gasteiger partial charge in [0.1, 0.15) is 0 Å². The van der Waals surface area contributed by atoms with Crippen LogP contribution in [0.2, 0.25) is 0 Å². The largest absolute Gasteiger partial charge is 0.394 e. The van der Waals surface area contributed by atoms with Crippen molar-refractivity contribution in [3.8, 4) is 0 Å². The van der Waals surface area contributed by atoms with E-state index < -0.39 is 5.54 Å². The highest BCUT2D eigenvalue weighted by Gasteiger charge is 2.51. The Morgan fingerprint density at radius 1 is 1.21 bits per heavy atom. The van der Waals surface area contributed by atoms with Crippen LogP contribution in [-0.4, -0.2) is 51.6 Å². The zero-order valence-corrected chi connectivity index (χ0v) is 16.9. The number of likely N-dealkylation sites (tertiary alicyclic amines) is 1. The van der Waals surface area contributed by atoms with Crippen molar-refractivity contribution in [2.24, 2.45) is 17.8 Å². The van der Waals surface area contributed by atoms with E-state index in [1.54, 1.807) is 4.90 Å². The number of carbonyl (C=O) groups excluding carboxylic acids is 2. The third-order valence-electron chi connectivity index (χ3n) is 7.29. The van der Waals surface area contributed by atoms with E-state index in [1.165, 1.54) is 23.8 Å². The monoisotopic (exact) mass is 395 g/mol. The third kappa shape index (κ3) is 3.23. The molecule has 29 heavy (non-hydrogen) atoms. The maximum Gasteiger partial charge on any atom is 0.224 e. The number of hydrogen-bond acceptors (Lipinski definition) is 3. The highest BCUT2D eigenvalue weighted by atomic mass is 16.3. The molecule has 4 fully saturated rings. The SMILES string of the molecule is Cc1ccc2c(ccn2CCC(=O)N2CC(CO)(NC(=O)C3CC4CC3C4)C2)c1. The first-order chi connectivity index (χ1) is 14.0. The van der Waals surface area contributed by atoms with Gasteiger partial charge in [-0.3, -0.25) is 9.59 Å². The lowest BCUT2D eigenvalue weighted by Gasteiger charge is -2.50. The summed E-state index contributed by atoms with van der Waals surface area (Å²) in [6, 6.07) is 8.41. The lowest BCUT2D eigenvalue weighted by atomic mass is 9.82. The molecule has 1 aromatic carbocycles. The number of nitrogens with zero attached hydrogens (tertiary/aromatic N) is 2. The van der Waals surface area contributed by atoms with Crippen LogP contribution in [0, 0.1) is 24.7 Å². The number of hydrogen-bond donors (Lipinski definition) is 2. The van der Waals surface area contributed by atoms with Crippen LogP contribution in [0.3, 0.4) is 0 Å². The van der Waals surface area contributed by atoms with Crippen molar-refractivity contribution in [2.75, 3.05) is 19.7 Å². The summed E-state index contributed by atoms with van der Waals surface area (Å²) in [5, 5.41) is 14.1. The average Bonchev–Trinajstić information content (AvgIpc) is 3.35. The first-order valence-corrected chi connectivity index (χ1v) is 10.7. The number of amides is 2. The summed E-state index contributed by atoms with van der Waals surface area (Å²) in [6.45, 7) is 3.39. The number of aryl methyl sites for hydroxylation is 2. The van der Waals surface area contributed by atoms with Crippen molar-refractivity contribution in [2.45, 2.75) is 44.7 Å². The number of aliphatic hydroxyl groups excluding tert-OH is 1. The molecule has 0 radical (unpaired) electrons. The number of benzene rings is 1. The van der Waals surface area contributed by atoms with Crippen LogP contribution in [0.5, 0.6) is 0 Å². The Labute approximate surface area is 170 Å². The lowest BCUT2D eigenvalue weighted by molar-refractivity contribution is -0.146. The van der Waals surface area contributed by atoms with Crippen molar-refractivity contribution in [1.82, 2.24) is 14.8 Å². The fourth-order valence-corrected chi connectivity index (χ4v) is 5.50. The topological polar surface area (TPSA) is 74.6 Å². The van der Waals surface area contributed by atoms with Gasteiger partial charge in [-0.25, -0.2) is 0 Å². The summed E-state index contributed by atoms with van der Waals surface area (Å²) in [5.41, 5.74) is 1.71. The molecule has 154 valence electrons. The fourth-order valence-electron chi connectivity index (χ4n) is 5.50. The molecule has 2 heterocycles. The third-order valence-corrected chi connectivity index (χ3v) is 7.29. The van der Waals surface area contributed by atoms with E-state index in [0.717, 1.165) is 17.9 Å². The summed E-state index contributed by atoms with van der Waals surface area (Å²) < 4.78 is 2.11. The zero-order chi connectivity index (χ0) is 20.2. The minimum atomic E-state index is -0.655. The molecular formula is C23H29N3O3. The summed E-state index contributed by atoms with van der Waals surface area (Å²) in [4.78, 5) is 27.0. The Kier molecular flexibility index (Phi) is 4.42. The van der Waals surface area contributed by atoms with E-state index in [-0.39, 0.29) is 24.3 Å². The molecule has 6 rings (SSSR count). The molecule has 1 atom stereocenters. The first-order valence-electron chi connectivity index (χ1n) is 10.7. The van der Waals surface area contributed by atoms with Gasteiger partial charge in [0, 0.05) is 43.7 Å². The van der Waals surface area contributed by atoms with Gasteiger partial charge < -0.3 is 19.9 Å². The molecule has 2 bridgehead atoms. The van der Waals surface area contributed by atoms with Crippen molar-refractivity contribution < 1.29 is 14.7 Å². The van der Waals surface area contributed by atoms with Crippen molar-refractivity contribution in [1.29, 1.82) is 0 Å². The molecule has 0 spiro atoms. The minimum absolute atomic E-state index is 0.0698. The molecule has 1 aromatic heterocycles. The molecule has 2 aromatic rings. The number of fused-ring (bicyclic) bond motifs is 2. The van der Waals surface area contributed by atoms with Gasteiger partial charge in [-0.2, -0.15) is 0 Å². The van der Waals surface area contributed by atoms with E-state index >= 15 is 0 Å². The number of nitrogens with one attached hydrogen (secondary N) is 1. The quantitative estimate of drug-likeness (QED) is 0.786. The average molecular weight is 396 g/mol. The highest BCUT2D eigenvalue weighted by Crippen LogP contribution is 2.52. The molecule has 2 N–H and O–H groups in total. The maximum atomic E-state index is 12.6.